The van der Waals surface area contributed by atoms with E-state index in [0.717, 1.165) is 19.3 Å². The Labute approximate surface area is 208 Å². The summed E-state index contributed by atoms with van der Waals surface area (Å²) in [7, 11) is 0. The van der Waals surface area contributed by atoms with Crippen LogP contribution in [0.5, 0.6) is 5.75 Å². The van der Waals surface area contributed by atoms with Crippen molar-refractivity contribution in [2.24, 2.45) is 5.41 Å². The number of ether oxygens (including phenoxy) is 2. The van der Waals surface area contributed by atoms with Gasteiger partial charge in [0, 0.05) is 5.02 Å². The quantitative estimate of drug-likeness (QED) is 0.0712. The Balaban J connectivity index is 2.56. The normalized spacial score (nSPS) is 11.3. The van der Waals surface area contributed by atoms with Gasteiger partial charge in [-0.3, -0.25) is 14.4 Å². The van der Waals surface area contributed by atoms with Gasteiger partial charge in [0.25, 0.3) is 0 Å². The Morgan fingerprint density at radius 3 is 1.91 bits per heavy atom. The lowest BCUT2D eigenvalue weighted by Gasteiger charge is -2.27. The van der Waals surface area contributed by atoms with E-state index >= 15 is 0 Å². The molecule has 0 saturated heterocycles. The van der Waals surface area contributed by atoms with Gasteiger partial charge in [-0.2, -0.15) is 0 Å². The summed E-state index contributed by atoms with van der Waals surface area (Å²) in [5.74, 6) is -1.49. The van der Waals surface area contributed by atoms with Gasteiger partial charge >= 0.3 is 11.9 Å². The van der Waals surface area contributed by atoms with Crippen LogP contribution in [0, 0.1) is 5.41 Å². The van der Waals surface area contributed by atoms with Gasteiger partial charge in [-0.1, -0.05) is 102 Å². The van der Waals surface area contributed by atoms with Crippen LogP contribution in [-0.4, -0.2) is 24.8 Å². The average molecular weight is 501 g/mol. The van der Waals surface area contributed by atoms with Crippen LogP contribution in [0.25, 0.3) is 0 Å². The molecule has 33 heavy (non-hydrogen) atoms. The van der Waals surface area contributed by atoms with Crippen LogP contribution in [0.1, 0.15) is 108 Å². The molecular weight excluding hydrogens is 463 g/mol. The third kappa shape index (κ3) is 9.29. The van der Waals surface area contributed by atoms with Gasteiger partial charge in [0.05, 0.1) is 17.2 Å². The van der Waals surface area contributed by atoms with E-state index in [2.05, 4.69) is 6.92 Å². The molecule has 0 fully saturated rings. The van der Waals surface area contributed by atoms with Crippen molar-refractivity contribution in [3.05, 3.63) is 27.7 Å². The van der Waals surface area contributed by atoms with Crippen molar-refractivity contribution in [2.75, 3.05) is 6.61 Å². The fourth-order valence-corrected chi connectivity index (χ4v) is 4.32. The standard InChI is InChI=1S/C26H38Cl2O5/c1-4-7-8-9-10-11-12-13-14-15-16-32-24(30)26(5-2,6-3)25(31)33-23-20(19-29)17-21(27)18-22(23)28/h17-19H,4-16H2,1-3H3. The first-order valence-corrected chi connectivity index (χ1v) is 13.0. The molecule has 1 aromatic carbocycles. The third-order valence-electron chi connectivity index (χ3n) is 6.08. The maximum Gasteiger partial charge on any atom is 0.328 e. The van der Waals surface area contributed by atoms with Crippen LogP contribution in [-0.2, 0) is 14.3 Å². The van der Waals surface area contributed by atoms with E-state index in [-0.39, 0.29) is 40.8 Å². The van der Waals surface area contributed by atoms with Crippen LogP contribution < -0.4 is 4.74 Å². The number of aldehydes is 1. The molecular formula is C26H38Cl2O5. The zero-order valence-corrected chi connectivity index (χ0v) is 21.7. The lowest BCUT2D eigenvalue weighted by molar-refractivity contribution is -0.168. The number of carbonyl (C=O) groups is 3. The topological polar surface area (TPSA) is 69.7 Å². The summed E-state index contributed by atoms with van der Waals surface area (Å²) >= 11 is 12.0. The number of benzene rings is 1. The van der Waals surface area contributed by atoms with E-state index in [0.29, 0.717) is 6.29 Å². The van der Waals surface area contributed by atoms with Gasteiger partial charge in [-0.25, -0.2) is 0 Å². The van der Waals surface area contributed by atoms with Crippen LogP contribution in [0.3, 0.4) is 0 Å². The Morgan fingerprint density at radius 2 is 1.39 bits per heavy atom. The molecule has 0 amide bonds. The molecule has 0 saturated carbocycles. The van der Waals surface area contributed by atoms with Crippen LogP contribution in [0.15, 0.2) is 12.1 Å². The van der Waals surface area contributed by atoms with Crippen molar-refractivity contribution in [3.8, 4) is 5.75 Å². The van der Waals surface area contributed by atoms with E-state index in [1.165, 1.54) is 57.1 Å². The number of rotatable bonds is 17. The Bertz CT molecular complexity index is 759. The maximum absolute atomic E-state index is 13.0. The van der Waals surface area contributed by atoms with Gasteiger partial charge in [0.1, 0.15) is 0 Å². The predicted molar refractivity (Wildman–Crippen MR) is 133 cm³/mol. The van der Waals surface area contributed by atoms with E-state index in [4.69, 9.17) is 32.7 Å². The second kappa shape index (κ2) is 16.1. The summed E-state index contributed by atoms with van der Waals surface area (Å²) in [5.41, 5.74) is -1.41. The van der Waals surface area contributed by atoms with Gasteiger partial charge in [0.15, 0.2) is 17.5 Å². The lowest BCUT2D eigenvalue weighted by atomic mass is 9.82. The second-order valence-corrected chi connectivity index (χ2v) is 9.26. The third-order valence-corrected chi connectivity index (χ3v) is 6.58. The molecule has 0 aromatic heterocycles. The molecule has 1 aromatic rings. The lowest BCUT2D eigenvalue weighted by Crippen LogP contribution is -2.42. The van der Waals surface area contributed by atoms with Crippen LogP contribution in [0.4, 0.5) is 0 Å². The maximum atomic E-state index is 13.0. The van der Waals surface area contributed by atoms with Crippen molar-refractivity contribution in [1.29, 1.82) is 0 Å². The summed E-state index contributed by atoms with van der Waals surface area (Å²) < 4.78 is 10.9. The molecule has 0 atom stereocenters. The molecule has 0 bridgehead atoms. The highest BCUT2D eigenvalue weighted by Crippen LogP contribution is 2.36. The van der Waals surface area contributed by atoms with Crippen LogP contribution >= 0.6 is 23.2 Å². The van der Waals surface area contributed by atoms with Gasteiger partial charge in [-0.05, 0) is 31.4 Å². The zero-order chi connectivity index (χ0) is 24.7. The fourth-order valence-electron chi connectivity index (χ4n) is 3.77. The predicted octanol–water partition coefficient (Wildman–Crippen LogP) is 7.98. The highest BCUT2D eigenvalue weighted by molar-refractivity contribution is 6.36. The van der Waals surface area contributed by atoms with Crippen molar-refractivity contribution < 1.29 is 23.9 Å². The average Bonchev–Trinajstić information content (AvgIpc) is 2.80. The summed E-state index contributed by atoms with van der Waals surface area (Å²) in [5, 5.41) is 0.271. The molecule has 0 N–H and O–H groups in total. The van der Waals surface area contributed by atoms with Crippen molar-refractivity contribution in [2.45, 2.75) is 97.8 Å². The number of carbonyl (C=O) groups excluding carboxylic acids is 3. The number of halogens is 2. The minimum Gasteiger partial charge on any atom is -0.465 e. The van der Waals surface area contributed by atoms with Gasteiger partial charge in [0.2, 0.25) is 0 Å². The summed E-state index contributed by atoms with van der Waals surface area (Å²) in [6, 6.07) is 2.73. The summed E-state index contributed by atoms with van der Waals surface area (Å²) in [6.07, 6.45) is 12.7. The molecule has 0 aliphatic carbocycles. The van der Waals surface area contributed by atoms with Crippen molar-refractivity contribution in [1.82, 2.24) is 0 Å². The first kappa shape index (κ1) is 29.4. The number of unbranched alkanes of at least 4 members (excludes halogenated alkanes) is 9. The van der Waals surface area contributed by atoms with E-state index in [9.17, 15) is 14.4 Å². The van der Waals surface area contributed by atoms with Gasteiger partial charge < -0.3 is 9.47 Å². The minimum absolute atomic E-state index is 0.0257. The molecule has 0 aliphatic rings. The largest absolute Gasteiger partial charge is 0.465 e. The summed E-state index contributed by atoms with van der Waals surface area (Å²) in [4.78, 5) is 37.2. The van der Waals surface area contributed by atoms with E-state index in [1.54, 1.807) is 13.8 Å². The molecule has 0 spiro atoms. The Kier molecular flexibility index (Phi) is 14.4. The Hall–Kier alpha value is -1.59. The monoisotopic (exact) mass is 500 g/mol. The molecule has 0 unspecified atom stereocenters. The second-order valence-electron chi connectivity index (χ2n) is 8.42. The van der Waals surface area contributed by atoms with Gasteiger partial charge in [-0.15, -0.1) is 0 Å². The Morgan fingerprint density at radius 1 is 0.848 bits per heavy atom. The molecule has 5 nitrogen and oxygen atoms in total. The van der Waals surface area contributed by atoms with Crippen molar-refractivity contribution in [3.63, 3.8) is 0 Å². The number of hydrogen-bond donors (Lipinski definition) is 0. The minimum atomic E-state index is -1.46. The number of esters is 2. The SMILES string of the molecule is CCCCCCCCCCCCOC(=O)C(CC)(CC)C(=O)Oc1c(Cl)cc(Cl)cc1C=O. The highest BCUT2D eigenvalue weighted by atomic mass is 35.5. The summed E-state index contributed by atoms with van der Waals surface area (Å²) in [6.45, 7) is 5.96. The fraction of sp³-hybridized carbons (Fsp3) is 0.654. The molecule has 7 heteroatoms. The van der Waals surface area contributed by atoms with Crippen molar-refractivity contribution >= 4 is 41.4 Å². The van der Waals surface area contributed by atoms with Crippen LogP contribution in [0.2, 0.25) is 10.0 Å². The van der Waals surface area contributed by atoms with E-state index < -0.39 is 17.4 Å². The number of hydrogen-bond acceptors (Lipinski definition) is 5. The first-order valence-electron chi connectivity index (χ1n) is 12.2. The highest BCUT2D eigenvalue weighted by Gasteiger charge is 2.46. The molecule has 1 rings (SSSR count). The molecule has 0 radical (unpaired) electrons. The molecule has 0 aliphatic heterocycles. The zero-order valence-electron chi connectivity index (χ0n) is 20.2. The first-order chi connectivity index (χ1) is 15.9. The molecule has 0 heterocycles. The van der Waals surface area contributed by atoms with E-state index in [1.807, 2.05) is 0 Å². The smallest absolute Gasteiger partial charge is 0.328 e. The molecule has 186 valence electrons.